The molecule has 2 aromatic heterocycles. The Morgan fingerprint density at radius 1 is 1.35 bits per heavy atom. The first kappa shape index (κ1) is 14.7. The molecule has 0 aliphatic carbocycles. The summed E-state index contributed by atoms with van der Waals surface area (Å²) in [5.74, 6) is -0.406. The Hall–Kier alpha value is -1.75. The molecule has 0 saturated heterocycles. The molecule has 2 rings (SSSR count). The van der Waals surface area contributed by atoms with Gasteiger partial charge in [-0.1, -0.05) is 6.92 Å². The van der Waals surface area contributed by atoms with Crippen molar-refractivity contribution in [3.63, 3.8) is 0 Å². The van der Waals surface area contributed by atoms with Crippen LogP contribution in [0.1, 0.15) is 37.9 Å². The average molecular weight is 277 g/mol. The monoisotopic (exact) mass is 277 g/mol. The second kappa shape index (κ2) is 5.71. The minimum atomic E-state index is -1.15. The van der Waals surface area contributed by atoms with E-state index in [0.29, 0.717) is 12.1 Å². The molecule has 0 aliphatic rings. The highest BCUT2D eigenvalue weighted by atomic mass is 19.1. The highest BCUT2D eigenvalue weighted by molar-refractivity contribution is 5.19. The topological polar surface area (TPSA) is 50.9 Å². The van der Waals surface area contributed by atoms with Crippen molar-refractivity contribution in [2.45, 2.75) is 45.8 Å². The molecule has 5 heteroatoms. The second-order valence-electron chi connectivity index (χ2n) is 5.11. The molecule has 4 nitrogen and oxygen atoms in total. The maximum Gasteiger partial charge on any atom is 0.141 e. The first-order chi connectivity index (χ1) is 9.46. The SMILES string of the molecule is CCc1cc(CC(C)(O)c2ccc(F)cn2)n(CC)n1. The zero-order chi connectivity index (χ0) is 14.8. The molecule has 1 atom stereocenters. The molecule has 0 radical (unpaired) electrons. The molecule has 1 N–H and O–H groups in total. The van der Waals surface area contributed by atoms with Crippen LogP contribution in [0.15, 0.2) is 24.4 Å². The van der Waals surface area contributed by atoms with E-state index in [0.717, 1.165) is 30.6 Å². The van der Waals surface area contributed by atoms with E-state index in [9.17, 15) is 9.50 Å². The summed E-state index contributed by atoms with van der Waals surface area (Å²) in [7, 11) is 0. The number of aryl methyl sites for hydroxylation is 2. The molecule has 0 saturated carbocycles. The van der Waals surface area contributed by atoms with Gasteiger partial charge in [0, 0.05) is 18.7 Å². The number of hydrogen-bond acceptors (Lipinski definition) is 3. The van der Waals surface area contributed by atoms with Crippen LogP contribution in [-0.4, -0.2) is 19.9 Å². The van der Waals surface area contributed by atoms with Gasteiger partial charge in [-0.15, -0.1) is 0 Å². The van der Waals surface area contributed by atoms with Gasteiger partial charge in [-0.25, -0.2) is 4.39 Å². The third kappa shape index (κ3) is 3.04. The van der Waals surface area contributed by atoms with Crippen molar-refractivity contribution in [2.75, 3.05) is 0 Å². The van der Waals surface area contributed by atoms with Crippen molar-refractivity contribution >= 4 is 0 Å². The summed E-state index contributed by atoms with van der Waals surface area (Å²) in [4.78, 5) is 3.97. The van der Waals surface area contributed by atoms with Gasteiger partial charge >= 0.3 is 0 Å². The molecule has 1 unspecified atom stereocenters. The molecule has 0 spiro atoms. The van der Waals surface area contributed by atoms with Gasteiger partial charge in [0.05, 0.1) is 17.6 Å². The predicted octanol–water partition coefficient (Wildman–Crippen LogP) is 2.45. The number of aliphatic hydroxyl groups is 1. The highest BCUT2D eigenvalue weighted by Crippen LogP contribution is 2.24. The van der Waals surface area contributed by atoms with Crippen LogP contribution < -0.4 is 0 Å². The van der Waals surface area contributed by atoms with E-state index in [1.54, 1.807) is 6.92 Å². The lowest BCUT2D eigenvalue weighted by Crippen LogP contribution is -2.27. The zero-order valence-corrected chi connectivity index (χ0v) is 12.1. The number of hydrogen-bond donors (Lipinski definition) is 1. The van der Waals surface area contributed by atoms with Gasteiger partial charge in [0.15, 0.2) is 0 Å². The lowest BCUT2D eigenvalue weighted by Gasteiger charge is -2.22. The summed E-state index contributed by atoms with van der Waals surface area (Å²) in [5, 5.41) is 15.1. The summed E-state index contributed by atoms with van der Waals surface area (Å²) in [6, 6.07) is 4.83. The molecule has 108 valence electrons. The molecule has 2 heterocycles. The van der Waals surface area contributed by atoms with Crippen LogP contribution in [0.5, 0.6) is 0 Å². The van der Waals surface area contributed by atoms with Crippen LogP contribution in [0.2, 0.25) is 0 Å². The maximum absolute atomic E-state index is 12.9. The standard InChI is InChI=1S/C15H20FN3O/c1-4-12-8-13(19(5-2)18-12)9-15(3,20)14-7-6-11(16)10-17-14/h6-8,10,20H,4-5,9H2,1-3H3. The number of rotatable bonds is 5. The number of pyridine rings is 1. The van der Waals surface area contributed by atoms with Gasteiger partial charge in [-0.3, -0.25) is 9.67 Å². The van der Waals surface area contributed by atoms with Crippen molar-refractivity contribution in [3.8, 4) is 0 Å². The Balaban J connectivity index is 2.27. The lowest BCUT2D eigenvalue weighted by atomic mass is 9.95. The summed E-state index contributed by atoms with van der Waals surface area (Å²) in [6.45, 7) is 6.50. The summed E-state index contributed by atoms with van der Waals surface area (Å²) < 4.78 is 14.8. The summed E-state index contributed by atoms with van der Waals surface area (Å²) in [6.07, 6.45) is 2.38. The fourth-order valence-electron chi connectivity index (χ4n) is 2.24. The summed E-state index contributed by atoms with van der Waals surface area (Å²) >= 11 is 0. The summed E-state index contributed by atoms with van der Waals surface area (Å²) in [5.41, 5.74) is 1.28. The van der Waals surface area contributed by atoms with Crippen LogP contribution in [0.4, 0.5) is 4.39 Å². The van der Waals surface area contributed by atoms with E-state index in [2.05, 4.69) is 10.1 Å². The molecule has 20 heavy (non-hydrogen) atoms. The molecular weight excluding hydrogens is 257 g/mol. The van der Waals surface area contributed by atoms with Crippen molar-refractivity contribution in [3.05, 3.63) is 47.3 Å². The minimum absolute atomic E-state index is 0.395. The fourth-order valence-corrected chi connectivity index (χ4v) is 2.24. The largest absolute Gasteiger partial charge is 0.383 e. The highest BCUT2D eigenvalue weighted by Gasteiger charge is 2.27. The molecule has 0 bridgehead atoms. The minimum Gasteiger partial charge on any atom is -0.383 e. The van der Waals surface area contributed by atoms with Crippen LogP contribution in [0.3, 0.4) is 0 Å². The van der Waals surface area contributed by atoms with Crippen molar-refractivity contribution < 1.29 is 9.50 Å². The van der Waals surface area contributed by atoms with Crippen molar-refractivity contribution in [1.29, 1.82) is 0 Å². The number of aromatic nitrogens is 3. The molecule has 0 fully saturated rings. The first-order valence-electron chi connectivity index (χ1n) is 6.86. The van der Waals surface area contributed by atoms with Crippen LogP contribution in [-0.2, 0) is 25.0 Å². The van der Waals surface area contributed by atoms with Crippen LogP contribution >= 0.6 is 0 Å². The van der Waals surface area contributed by atoms with Gasteiger partial charge < -0.3 is 5.11 Å². The van der Waals surface area contributed by atoms with E-state index in [4.69, 9.17) is 0 Å². The molecular formula is C15H20FN3O. The van der Waals surface area contributed by atoms with Crippen molar-refractivity contribution in [2.24, 2.45) is 0 Å². The Bertz CT molecular complexity index is 575. The van der Waals surface area contributed by atoms with Crippen LogP contribution in [0.25, 0.3) is 0 Å². The van der Waals surface area contributed by atoms with Gasteiger partial charge in [0.1, 0.15) is 11.4 Å². The van der Waals surface area contributed by atoms with Gasteiger partial charge in [0.2, 0.25) is 0 Å². The number of halogens is 1. The first-order valence-corrected chi connectivity index (χ1v) is 6.86. The molecule has 0 aromatic carbocycles. The Morgan fingerprint density at radius 3 is 2.65 bits per heavy atom. The molecule has 0 aliphatic heterocycles. The Labute approximate surface area is 118 Å². The molecule has 0 amide bonds. The van der Waals surface area contributed by atoms with E-state index >= 15 is 0 Å². The van der Waals surface area contributed by atoms with E-state index < -0.39 is 11.4 Å². The normalized spacial score (nSPS) is 14.2. The third-order valence-corrected chi connectivity index (χ3v) is 3.38. The van der Waals surface area contributed by atoms with E-state index in [1.165, 1.54) is 12.1 Å². The van der Waals surface area contributed by atoms with Crippen molar-refractivity contribution in [1.82, 2.24) is 14.8 Å². The van der Waals surface area contributed by atoms with E-state index in [1.807, 2.05) is 24.6 Å². The fraction of sp³-hybridized carbons (Fsp3) is 0.467. The van der Waals surface area contributed by atoms with E-state index in [-0.39, 0.29) is 0 Å². The maximum atomic E-state index is 12.9. The van der Waals surface area contributed by atoms with Gasteiger partial charge in [-0.2, -0.15) is 5.10 Å². The number of nitrogens with zero attached hydrogens (tertiary/aromatic N) is 3. The third-order valence-electron chi connectivity index (χ3n) is 3.38. The zero-order valence-electron chi connectivity index (χ0n) is 12.1. The average Bonchev–Trinajstić information content (AvgIpc) is 2.80. The molecule has 2 aromatic rings. The second-order valence-corrected chi connectivity index (χ2v) is 5.11. The van der Waals surface area contributed by atoms with Gasteiger partial charge in [0.25, 0.3) is 0 Å². The van der Waals surface area contributed by atoms with Gasteiger partial charge in [-0.05, 0) is 38.5 Å². The quantitative estimate of drug-likeness (QED) is 0.913. The Kier molecular flexibility index (Phi) is 4.18. The predicted molar refractivity (Wildman–Crippen MR) is 74.7 cm³/mol. The smallest absolute Gasteiger partial charge is 0.141 e. The van der Waals surface area contributed by atoms with Crippen LogP contribution in [0, 0.1) is 5.82 Å². The lowest BCUT2D eigenvalue weighted by molar-refractivity contribution is 0.0507. The Morgan fingerprint density at radius 2 is 2.10 bits per heavy atom.